The third-order valence-corrected chi connectivity index (χ3v) is 4.74. The second kappa shape index (κ2) is 10.4. The van der Waals surface area contributed by atoms with Crippen molar-refractivity contribution in [3.05, 3.63) is 0 Å². The molecule has 0 aromatic heterocycles. The number of nitrogens with zero attached hydrogens (tertiary/aromatic N) is 1. The number of carbonyl (C=O) groups excluding carboxylic acids is 1. The highest BCUT2D eigenvalue weighted by Crippen LogP contribution is 2.45. The second-order valence-electron chi connectivity index (χ2n) is 5.16. The minimum Gasteiger partial charge on any atom is -0.348 e. The van der Waals surface area contributed by atoms with Gasteiger partial charge in [0, 0.05) is 18.6 Å². The number of hydrogen-bond acceptors (Lipinski definition) is 4. The molecular formula is C13H26F3N2O3P. The molecule has 0 saturated carbocycles. The number of halogens is 3. The standard InChI is InChI=1S/C13H26F3N2O3P/c1-6-20-22(18(10(2)3)11(4)5)21-9-7-8-17-12(19)13(14,15)16/h10-11H,6-9H2,1-5H3,(H,17,19). The van der Waals surface area contributed by atoms with E-state index in [0.717, 1.165) is 0 Å². The van der Waals surface area contributed by atoms with Crippen LogP contribution in [0.15, 0.2) is 0 Å². The Labute approximate surface area is 131 Å². The van der Waals surface area contributed by atoms with Gasteiger partial charge in [-0.2, -0.15) is 13.2 Å². The summed E-state index contributed by atoms with van der Waals surface area (Å²) in [5, 5.41) is 1.81. The molecule has 0 fully saturated rings. The van der Waals surface area contributed by atoms with Gasteiger partial charge in [0.1, 0.15) is 0 Å². The topological polar surface area (TPSA) is 50.8 Å². The summed E-state index contributed by atoms with van der Waals surface area (Å²) in [6.07, 6.45) is -4.55. The van der Waals surface area contributed by atoms with Gasteiger partial charge in [-0.05, 0) is 41.0 Å². The van der Waals surface area contributed by atoms with Crippen molar-refractivity contribution in [2.45, 2.75) is 59.3 Å². The van der Waals surface area contributed by atoms with Gasteiger partial charge in [0.2, 0.25) is 0 Å². The molecule has 0 aromatic carbocycles. The van der Waals surface area contributed by atoms with Crippen molar-refractivity contribution in [2.24, 2.45) is 0 Å². The Balaban J connectivity index is 4.24. The zero-order valence-electron chi connectivity index (χ0n) is 13.7. The Morgan fingerprint density at radius 3 is 2.14 bits per heavy atom. The van der Waals surface area contributed by atoms with Crippen molar-refractivity contribution in [1.29, 1.82) is 0 Å². The van der Waals surface area contributed by atoms with Gasteiger partial charge in [-0.3, -0.25) is 4.79 Å². The Morgan fingerprint density at radius 2 is 1.73 bits per heavy atom. The van der Waals surface area contributed by atoms with Crippen molar-refractivity contribution >= 4 is 14.4 Å². The molecule has 9 heteroatoms. The predicted molar refractivity (Wildman–Crippen MR) is 80.3 cm³/mol. The summed E-state index contributed by atoms with van der Waals surface area (Å²) in [7, 11) is -1.26. The zero-order chi connectivity index (χ0) is 17.3. The molecule has 0 aliphatic rings. The van der Waals surface area contributed by atoms with E-state index < -0.39 is 20.6 Å². The van der Waals surface area contributed by atoms with Crippen LogP contribution in [-0.2, 0) is 13.8 Å². The average Bonchev–Trinajstić information content (AvgIpc) is 2.36. The fourth-order valence-corrected chi connectivity index (χ4v) is 3.37. The maximum Gasteiger partial charge on any atom is 0.471 e. The minimum absolute atomic E-state index is 0.0863. The Bertz CT molecular complexity index is 320. The van der Waals surface area contributed by atoms with E-state index in [4.69, 9.17) is 9.05 Å². The molecule has 5 nitrogen and oxygen atoms in total. The molecule has 132 valence electrons. The van der Waals surface area contributed by atoms with Crippen molar-refractivity contribution in [3.63, 3.8) is 0 Å². The molecule has 1 amide bonds. The van der Waals surface area contributed by atoms with E-state index in [-0.39, 0.29) is 31.7 Å². The van der Waals surface area contributed by atoms with Crippen LogP contribution in [0.25, 0.3) is 0 Å². The number of amides is 1. The van der Waals surface area contributed by atoms with E-state index >= 15 is 0 Å². The first kappa shape index (κ1) is 21.6. The van der Waals surface area contributed by atoms with Gasteiger partial charge in [-0.1, -0.05) is 0 Å². The number of nitrogens with one attached hydrogen (secondary N) is 1. The van der Waals surface area contributed by atoms with E-state index in [2.05, 4.69) is 4.67 Å². The lowest BCUT2D eigenvalue weighted by molar-refractivity contribution is -0.173. The molecule has 0 aromatic rings. The molecule has 0 heterocycles. The zero-order valence-corrected chi connectivity index (χ0v) is 14.6. The first-order valence-electron chi connectivity index (χ1n) is 7.30. The molecule has 0 rings (SSSR count). The molecule has 0 saturated heterocycles. The predicted octanol–water partition coefficient (Wildman–Crippen LogP) is 3.45. The summed E-state index contributed by atoms with van der Waals surface area (Å²) >= 11 is 0. The summed E-state index contributed by atoms with van der Waals surface area (Å²) in [4.78, 5) is 10.6. The van der Waals surface area contributed by atoms with Gasteiger partial charge >= 0.3 is 12.1 Å². The number of alkyl halides is 3. The molecule has 22 heavy (non-hydrogen) atoms. The SMILES string of the molecule is CCOP(OCCCNC(=O)C(F)(F)F)N(C(C)C)C(C)C. The minimum atomic E-state index is -4.84. The van der Waals surface area contributed by atoms with Crippen molar-refractivity contribution in [3.8, 4) is 0 Å². The highest BCUT2D eigenvalue weighted by Gasteiger charge is 2.38. The molecule has 0 bridgehead atoms. The Hall–Kier alpha value is -0.430. The van der Waals surface area contributed by atoms with Gasteiger partial charge in [-0.25, -0.2) is 4.67 Å². The van der Waals surface area contributed by atoms with E-state index in [0.29, 0.717) is 6.61 Å². The van der Waals surface area contributed by atoms with Crippen LogP contribution >= 0.6 is 8.53 Å². The highest BCUT2D eigenvalue weighted by molar-refractivity contribution is 7.44. The fourth-order valence-electron chi connectivity index (χ4n) is 1.77. The molecule has 0 aliphatic heterocycles. The monoisotopic (exact) mass is 346 g/mol. The number of hydrogen-bond donors (Lipinski definition) is 1. The van der Waals surface area contributed by atoms with Crippen LogP contribution in [0.3, 0.4) is 0 Å². The van der Waals surface area contributed by atoms with Crippen LogP contribution in [-0.4, -0.2) is 48.6 Å². The Kier molecular flexibility index (Phi) is 10.2. The van der Waals surface area contributed by atoms with Gasteiger partial charge in [0.05, 0.1) is 13.2 Å². The quantitative estimate of drug-likeness (QED) is 0.486. The van der Waals surface area contributed by atoms with Gasteiger partial charge in [0.25, 0.3) is 8.53 Å². The third-order valence-electron chi connectivity index (χ3n) is 2.55. The van der Waals surface area contributed by atoms with E-state index in [1.165, 1.54) is 0 Å². The lowest BCUT2D eigenvalue weighted by atomic mass is 10.3. The smallest absolute Gasteiger partial charge is 0.348 e. The van der Waals surface area contributed by atoms with Crippen LogP contribution in [0.5, 0.6) is 0 Å². The number of rotatable bonds is 10. The van der Waals surface area contributed by atoms with E-state index in [9.17, 15) is 18.0 Å². The van der Waals surface area contributed by atoms with Crippen LogP contribution in [0, 0.1) is 0 Å². The van der Waals surface area contributed by atoms with E-state index in [1.807, 2.05) is 39.9 Å². The highest BCUT2D eigenvalue weighted by atomic mass is 31.2. The first-order valence-corrected chi connectivity index (χ1v) is 8.43. The average molecular weight is 346 g/mol. The molecule has 1 unspecified atom stereocenters. The van der Waals surface area contributed by atoms with Gasteiger partial charge in [-0.15, -0.1) is 0 Å². The van der Waals surface area contributed by atoms with Crippen LogP contribution in [0.4, 0.5) is 13.2 Å². The molecule has 1 atom stereocenters. The molecule has 0 spiro atoms. The summed E-state index contributed by atoms with van der Waals surface area (Å²) in [6.45, 7) is 10.6. The van der Waals surface area contributed by atoms with Gasteiger partial charge < -0.3 is 14.4 Å². The number of carbonyl (C=O) groups is 1. The molecule has 0 radical (unpaired) electrons. The summed E-state index contributed by atoms with van der Waals surface area (Å²) in [5.41, 5.74) is 0. The first-order chi connectivity index (χ1) is 10.1. The third kappa shape index (κ3) is 8.27. The second-order valence-corrected chi connectivity index (χ2v) is 6.62. The molecular weight excluding hydrogens is 320 g/mol. The van der Waals surface area contributed by atoms with Crippen molar-refractivity contribution in [1.82, 2.24) is 9.99 Å². The molecule has 0 aliphatic carbocycles. The van der Waals surface area contributed by atoms with E-state index in [1.54, 1.807) is 0 Å². The summed E-state index contributed by atoms with van der Waals surface area (Å²) in [5.74, 6) is -1.93. The lowest BCUT2D eigenvalue weighted by Crippen LogP contribution is -2.37. The Morgan fingerprint density at radius 1 is 1.18 bits per heavy atom. The molecule has 1 N–H and O–H groups in total. The van der Waals surface area contributed by atoms with Crippen molar-refractivity contribution < 1.29 is 27.0 Å². The summed E-state index contributed by atoms with van der Waals surface area (Å²) < 4.78 is 49.4. The van der Waals surface area contributed by atoms with Crippen LogP contribution in [0.2, 0.25) is 0 Å². The normalized spacial score (nSPS) is 14.0. The maximum atomic E-state index is 12.0. The van der Waals surface area contributed by atoms with Crippen LogP contribution in [0.1, 0.15) is 41.0 Å². The summed E-state index contributed by atoms with van der Waals surface area (Å²) in [6, 6.07) is 0.449. The van der Waals surface area contributed by atoms with Crippen LogP contribution < -0.4 is 5.32 Å². The lowest BCUT2D eigenvalue weighted by Gasteiger charge is -2.35. The van der Waals surface area contributed by atoms with Gasteiger partial charge in [0.15, 0.2) is 0 Å². The largest absolute Gasteiger partial charge is 0.471 e. The van der Waals surface area contributed by atoms with Crippen molar-refractivity contribution in [2.75, 3.05) is 19.8 Å². The maximum absolute atomic E-state index is 12.0. The fraction of sp³-hybridized carbons (Fsp3) is 0.923.